The smallest absolute Gasteiger partial charge is 0.352 e. The lowest BCUT2D eigenvalue weighted by atomic mass is 9.81. The van der Waals surface area contributed by atoms with E-state index >= 15 is 0 Å². The van der Waals surface area contributed by atoms with Crippen LogP contribution in [0.15, 0.2) is 23.1 Å². The number of fused-ring (bicyclic) bond motifs is 1. The average molecular weight is 286 g/mol. The molecule has 5 nitrogen and oxygen atoms in total. The third kappa shape index (κ3) is 2.22. The van der Waals surface area contributed by atoms with Crippen LogP contribution in [0.5, 0.6) is 0 Å². The molecule has 0 spiro atoms. The second-order valence-electron chi connectivity index (χ2n) is 5.67. The molecule has 1 aliphatic carbocycles. The number of nitrogens with zero attached hydrogens (tertiary/aromatic N) is 2. The van der Waals surface area contributed by atoms with E-state index in [1.165, 1.54) is 18.0 Å². The Labute approximate surface area is 122 Å². The van der Waals surface area contributed by atoms with Crippen LogP contribution in [0.1, 0.15) is 54.1 Å². The molecule has 0 unspecified atom stereocenters. The summed E-state index contributed by atoms with van der Waals surface area (Å²) in [4.78, 5) is 28.2. The quantitative estimate of drug-likeness (QED) is 0.921. The summed E-state index contributed by atoms with van der Waals surface area (Å²) >= 11 is 0. The molecule has 0 radical (unpaired) electrons. The molecule has 2 aromatic rings. The van der Waals surface area contributed by atoms with Crippen LogP contribution in [-0.4, -0.2) is 20.6 Å². The van der Waals surface area contributed by atoms with Crippen LogP contribution in [-0.2, 0) is 7.05 Å². The molecule has 0 aliphatic heterocycles. The highest BCUT2D eigenvalue weighted by molar-refractivity contribution is 5.95. The summed E-state index contributed by atoms with van der Waals surface area (Å²) < 4.78 is 1.24. The Morgan fingerprint density at radius 2 is 2.05 bits per heavy atom. The minimum atomic E-state index is -1.04. The van der Waals surface area contributed by atoms with E-state index in [0.717, 1.165) is 31.2 Å². The SMILES string of the molecule is Cn1c(C(=O)O)c(C2CCCCC2)c2cccnc2c1=O. The third-order valence-corrected chi connectivity index (χ3v) is 4.41. The van der Waals surface area contributed by atoms with E-state index in [1.807, 2.05) is 6.07 Å². The molecule has 1 aliphatic rings. The fourth-order valence-electron chi connectivity index (χ4n) is 3.42. The highest BCUT2D eigenvalue weighted by Crippen LogP contribution is 2.37. The van der Waals surface area contributed by atoms with Crippen molar-refractivity contribution < 1.29 is 9.90 Å². The van der Waals surface area contributed by atoms with Gasteiger partial charge in [0.15, 0.2) is 0 Å². The van der Waals surface area contributed by atoms with Gasteiger partial charge >= 0.3 is 5.97 Å². The van der Waals surface area contributed by atoms with Gasteiger partial charge in [-0.1, -0.05) is 25.3 Å². The Bertz CT molecular complexity index is 758. The van der Waals surface area contributed by atoms with E-state index < -0.39 is 5.97 Å². The van der Waals surface area contributed by atoms with Gasteiger partial charge in [0, 0.05) is 18.6 Å². The predicted molar refractivity (Wildman–Crippen MR) is 79.8 cm³/mol. The maximum absolute atomic E-state index is 12.3. The molecule has 1 fully saturated rings. The van der Waals surface area contributed by atoms with Crippen LogP contribution in [0.4, 0.5) is 0 Å². The topological polar surface area (TPSA) is 72.2 Å². The number of rotatable bonds is 2. The highest BCUT2D eigenvalue weighted by Gasteiger charge is 2.27. The molecule has 110 valence electrons. The molecular weight excluding hydrogens is 268 g/mol. The third-order valence-electron chi connectivity index (χ3n) is 4.41. The first-order chi connectivity index (χ1) is 10.1. The zero-order chi connectivity index (χ0) is 15.0. The lowest BCUT2D eigenvalue weighted by molar-refractivity contribution is 0.0683. The fourth-order valence-corrected chi connectivity index (χ4v) is 3.42. The maximum atomic E-state index is 12.3. The van der Waals surface area contributed by atoms with Gasteiger partial charge in [-0.05, 0) is 30.4 Å². The Morgan fingerprint density at radius 1 is 1.33 bits per heavy atom. The van der Waals surface area contributed by atoms with E-state index in [9.17, 15) is 14.7 Å². The molecule has 2 aromatic heterocycles. The molecule has 3 rings (SSSR count). The van der Waals surface area contributed by atoms with Crippen LogP contribution >= 0.6 is 0 Å². The molecule has 0 amide bonds. The van der Waals surface area contributed by atoms with Gasteiger partial charge in [-0.2, -0.15) is 0 Å². The Kier molecular flexibility index (Phi) is 3.49. The normalized spacial score (nSPS) is 16.2. The van der Waals surface area contributed by atoms with Crippen LogP contribution in [0.25, 0.3) is 10.9 Å². The molecular formula is C16H18N2O3. The van der Waals surface area contributed by atoms with E-state index in [0.29, 0.717) is 10.9 Å². The van der Waals surface area contributed by atoms with Gasteiger partial charge in [-0.15, -0.1) is 0 Å². The second-order valence-corrected chi connectivity index (χ2v) is 5.67. The van der Waals surface area contributed by atoms with Crippen molar-refractivity contribution >= 4 is 16.9 Å². The highest BCUT2D eigenvalue weighted by atomic mass is 16.4. The van der Waals surface area contributed by atoms with Crippen molar-refractivity contribution in [3.63, 3.8) is 0 Å². The first-order valence-corrected chi connectivity index (χ1v) is 7.32. The molecule has 0 bridgehead atoms. The van der Waals surface area contributed by atoms with Gasteiger partial charge in [0.1, 0.15) is 11.2 Å². The number of aromatic carboxylic acids is 1. The number of pyridine rings is 2. The minimum absolute atomic E-state index is 0.118. The van der Waals surface area contributed by atoms with Crippen molar-refractivity contribution in [3.05, 3.63) is 39.9 Å². The number of hydrogen-bond acceptors (Lipinski definition) is 3. The summed E-state index contributed by atoms with van der Waals surface area (Å²) in [5.74, 6) is -0.843. The summed E-state index contributed by atoms with van der Waals surface area (Å²) in [7, 11) is 1.52. The average Bonchev–Trinajstić information content (AvgIpc) is 2.51. The molecule has 1 saturated carbocycles. The lowest BCUT2D eigenvalue weighted by Gasteiger charge is -2.25. The summed E-state index contributed by atoms with van der Waals surface area (Å²) in [6.07, 6.45) is 6.93. The second kappa shape index (κ2) is 5.31. The van der Waals surface area contributed by atoms with Crippen LogP contribution in [0.3, 0.4) is 0 Å². The first kappa shape index (κ1) is 13.8. The number of aromatic nitrogens is 2. The van der Waals surface area contributed by atoms with E-state index in [4.69, 9.17) is 0 Å². The largest absolute Gasteiger partial charge is 0.477 e. The summed E-state index contributed by atoms with van der Waals surface area (Å²) in [6, 6.07) is 3.58. The Balaban J connectivity index is 2.38. The van der Waals surface area contributed by atoms with Crippen molar-refractivity contribution in [1.29, 1.82) is 0 Å². The van der Waals surface area contributed by atoms with Crippen LogP contribution in [0, 0.1) is 0 Å². The monoisotopic (exact) mass is 286 g/mol. The zero-order valence-electron chi connectivity index (χ0n) is 12.0. The summed E-state index contributed by atoms with van der Waals surface area (Å²) in [5, 5.41) is 10.3. The number of carboxylic acid groups (broad SMARTS) is 1. The van der Waals surface area contributed by atoms with E-state index in [2.05, 4.69) is 4.98 Å². The minimum Gasteiger partial charge on any atom is -0.477 e. The fraction of sp³-hybridized carbons (Fsp3) is 0.438. The number of hydrogen-bond donors (Lipinski definition) is 1. The van der Waals surface area contributed by atoms with Gasteiger partial charge in [0.2, 0.25) is 0 Å². The molecule has 0 saturated heterocycles. The van der Waals surface area contributed by atoms with Crippen molar-refractivity contribution in [1.82, 2.24) is 9.55 Å². The number of carbonyl (C=O) groups is 1. The molecule has 1 N–H and O–H groups in total. The molecule has 2 heterocycles. The zero-order valence-corrected chi connectivity index (χ0v) is 12.0. The van der Waals surface area contributed by atoms with Gasteiger partial charge in [-0.25, -0.2) is 4.79 Å². The van der Waals surface area contributed by atoms with Crippen LogP contribution < -0.4 is 5.56 Å². The summed E-state index contributed by atoms with van der Waals surface area (Å²) in [5.41, 5.74) is 0.924. The van der Waals surface area contributed by atoms with Crippen molar-refractivity contribution in [3.8, 4) is 0 Å². The van der Waals surface area contributed by atoms with Gasteiger partial charge < -0.3 is 9.67 Å². The first-order valence-electron chi connectivity index (χ1n) is 7.32. The predicted octanol–water partition coefficient (Wildman–Crippen LogP) is 2.68. The van der Waals surface area contributed by atoms with Crippen molar-refractivity contribution in [2.75, 3.05) is 0 Å². The van der Waals surface area contributed by atoms with Crippen molar-refractivity contribution in [2.45, 2.75) is 38.0 Å². The van der Waals surface area contributed by atoms with Gasteiger partial charge in [-0.3, -0.25) is 9.78 Å². The molecule has 0 atom stereocenters. The molecule has 0 aromatic carbocycles. The summed E-state index contributed by atoms with van der Waals surface area (Å²) in [6.45, 7) is 0. The van der Waals surface area contributed by atoms with Crippen molar-refractivity contribution in [2.24, 2.45) is 7.05 Å². The maximum Gasteiger partial charge on any atom is 0.352 e. The van der Waals surface area contributed by atoms with Gasteiger partial charge in [0.25, 0.3) is 5.56 Å². The molecule has 5 heteroatoms. The lowest BCUT2D eigenvalue weighted by Crippen LogP contribution is -2.27. The molecule has 21 heavy (non-hydrogen) atoms. The standard InChI is InChI=1S/C16H18N2O3/c1-18-14(16(20)21)12(10-6-3-2-4-7-10)11-8-5-9-17-13(11)15(18)19/h5,8-10H,2-4,6-7H2,1H3,(H,20,21). The van der Waals surface area contributed by atoms with E-state index in [-0.39, 0.29) is 17.2 Å². The van der Waals surface area contributed by atoms with E-state index in [1.54, 1.807) is 12.3 Å². The number of carboxylic acids is 1. The van der Waals surface area contributed by atoms with Gasteiger partial charge in [0.05, 0.1) is 0 Å². The Hall–Kier alpha value is -2.17. The van der Waals surface area contributed by atoms with Crippen LogP contribution in [0.2, 0.25) is 0 Å². The Morgan fingerprint density at radius 3 is 2.71 bits per heavy atom.